The number of hydrogen-bond acceptors (Lipinski definition) is 4. The number of urea groups is 1. The lowest BCUT2D eigenvalue weighted by Crippen LogP contribution is -2.45. The molecule has 1 atom stereocenters. The van der Waals surface area contributed by atoms with Crippen LogP contribution >= 0.6 is 0 Å². The van der Waals surface area contributed by atoms with Crippen molar-refractivity contribution in [3.63, 3.8) is 0 Å². The standard InChI is InChI=1S/C22H24FN3O4/c1-3-22(4-2)11-17(15-9-13(23)5-7-18(15)30-22)26-21(28)24-14-6-8-19-16(10-14)25-20(27)12-29-19/h5-10,17H,3-4,11-12H2,1-2H3,(H,25,27)(H2,24,26,28)/t17-/m1/s1. The summed E-state index contributed by atoms with van der Waals surface area (Å²) in [6.07, 6.45) is 2.08. The lowest BCUT2D eigenvalue weighted by Gasteiger charge is -2.41. The molecule has 0 saturated heterocycles. The number of rotatable bonds is 4. The molecule has 2 aromatic rings. The minimum Gasteiger partial charge on any atom is -0.487 e. The van der Waals surface area contributed by atoms with Gasteiger partial charge in [0.1, 0.15) is 22.9 Å². The summed E-state index contributed by atoms with van der Waals surface area (Å²) in [7, 11) is 0. The number of anilines is 2. The highest BCUT2D eigenvalue weighted by molar-refractivity contribution is 5.97. The lowest BCUT2D eigenvalue weighted by atomic mass is 9.83. The van der Waals surface area contributed by atoms with E-state index >= 15 is 0 Å². The summed E-state index contributed by atoms with van der Waals surface area (Å²) < 4.78 is 25.4. The second-order valence-electron chi connectivity index (χ2n) is 7.58. The SMILES string of the molecule is CCC1(CC)C[C@@H](NC(=O)Nc2ccc3c(c2)NC(=O)CO3)c2cc(F)ccc2O1. The fourth-order valence-corrected chi connectivity index (χ4v) is 3.94. The summed E-state index contributed by atoms with van der Waals surface area (Å²) >= 11 is 0. The molecule has 0 aromatic heterocycles. The molecule has 3 N–H and O–H groups in total. The molecular formula is C22H24FN3O4. The smallest absolute Gasteiger partial charge is 0.319 e. The topological polar surface area (TPSA) is 88.7 Å². The molecule has 2 aliphatic rings. The molecule has 0 saturated carbocycles. The Balaban J connectivity index is 1.53. The van der Waals surface area contributed by atoms with Gasteiger partial charge in [0.15, 0.2) is 6.61 Å². The molecule has 3 amide bonds. The Hall–Kier alpha value is -3.29. The molecule has 0 spiro atoms. The van der Waals surface area contributed by atoms with Gasteiger partial charge >= 0.3 is 6.03 Å². The number of halogens is 1. The van der Waals surface area contributed by atoms with E-state index in [-0.39, 0.29) is 18.3 Å². The maximum Gasteiger partial charge on any atom is 0.319 e. The van der Waals surface area contributed by atoms with Gasteiger partial charge in [0.2, 0.25) is 0 Å². The van der Waals surface area contributed by atoms with Crippen molar-refractivity contribution in [1.29, 1.82) is 0 Å². The molecule has 2 heterocycles. The molecular weight excluding hydrogens is 389 g/mol. The monoisotopic (exact) mass is 413 g/mol. The molecule has 158 valence electrons. The van der Waals surface area contributed by atoms with Crippen molar-refractivity contribution in [3.05, 3.63) is 47.8 Å². The summed E-state index contributed by atoms with van der Waals surface area (Å²) in [5.41, 5.74) is 1.20. The van der Waals surface area contributed by atoms with Crippen molar-refractivity contribution in [2.24, 2.45) is 0 Å². The molecule has 8 heteroatoms. The van der Waals surface area contributed by atoms with Crippen molar-refractivity contribution < 1.29 is 23.5 Å². The van der Waals surface area contributed by atoms with Crippen LogP contribution in [-0.2, 0) is 4.79 Å². The summed E-state index contributed by atoms with van der Waals surface area (Å²) in [4.78, 5) is 24.2. The Labute approximate surface area is 173 Å². The Bertz CT molecular complexity index is 990. The van der Waals surface area contributed by atoms with E-state index in [4.69, 9.17) is 9.47 Å². The van der Waals surface area contributed by atoms with Gasteiger partial charge < -0.3 is 25.4 Å². The molecule has 0 bridgehead atoms. The van der Waals surface area contributed by atoms with Gasteiger partial charge in [-0.3, -0.25) is 4.79 Å². The van der Waals surface area contributed by atoms with Crippen LogP contribution in [0, 0.1) is 5.82 Å². The summed E-state index contributed by atoms with van der Waals surface area (Å²) in [5, 5.41) is 8.43. The molecule has 0 fully saturated rings. The van der Waals surface area contributed by atoms with E-state index in [1.807, 2.05) is 13.8 Å². The Morgan fingerprint density at radius 3 is 2.73 bits per heavy atom. The number of hydrogen-bond donors (Lipinski definition) is 3. The quantitative estimate of drug-likeness (QED) is 0.695. The maximum absolute atomic E-state index is 13.9. The van der Waals surface area contributed by atoms with Crippen molar-refractivity contribution in [1.82, 2.24) is 5.32 Å². The van der Waals surface area contributed by atoms with Crippen LogP contribution in [0.4, 0.5) is 20.6 Å². The predicted octanol–water partition coefficient (Wildman–Crippen LogP) is 4.36. The zero-order valence-electron chi connectivity index (χ0n) is 16.9. The van der Waals surface area contributed by atoms with Crippen LogP contribution in [0.2, 0.25) is 0 Å². The van der Waals surface area contributed by atoms with Crippen molar-refractivity contribution in [3.8, 4) is 11.5 Å². The third-order valence-corrected chi connectivity index (χ3v) is 5.71. The Morgan fingerprint density at radius 1 is 1.20 bits per heavy atom. The van der Waals surface area contributed by atoms with Gasteiger partial charge in [-0.05, 0) is 49.2 Å². The van der Waals surface area contributed by atoms with Gasteiger partial charge in [-0.1, -0.05) is 13.8 Å². The van der Waals surface area contributed by atoms with Gasteiger partial charge in [-0.2, -0.15) is 0 Å². The van der Waals surface area contributed by atoms with Crippen LogP contribution in [0.25, 0.3) is 0 Å². The van der Waals surface area contributed by atoms with E-state index in [9.17, 15) is 14.0 Å². The van der Waals surface area contributed by atoms with Crippen LogP contribution in [0.15, 0.2) is 36.4 Å². The minimum atomic E-state index is -0.429. The van der Waals surface area contributed by atoms with E-state index in [0.29, 0.717) is 34.9 Å². The zero-order valence-corrected chi connectivity index (χ0v) is 16.9. The third kappa shape index (κ3) is 3.90. The first-order valence-electron chi connectivity index (χ1n) is 10.0. The fourth-order valence-electron chi connectivity index (χ4n) is 3.94. The van der Waals surface area contributed by atoms with E-state index in [1.165, 1.54) is 12.1 Å². The van der Waals surface area contributed by atoms with Gasteiger partial charge in [-0.15, -0.1) is 0 Å². The minimum absolute atomic E-state index is 0.0312. The fraction of sp³-hybridized carbons (Fsp3) is 0.364. The van der Waals surface area contributed by atoms with E-state index in [0.717, 1.165) is 12.8 Å². The molecule has 2 aromatic carbocycles. The second-order valence-corrected chi connectivity index (χ2v) is 7.58. The van der Waals surface area contributed by atoms with Crippen LogP contribution in [0.5, 0.6) is 11.5 Å². The molecule has 0 aliphatic carbocycles. The molecule has 0 radical (unpaired) electrons. The normalized spacial score (nSPS) is 18.8. The largest absolute Gasteiger partial charge is 0.487 e. The van der Waals surface area contributed by atoms with Crippen LogP contribution in [0.3, 0.4) is 0 Å². The number of ether oxygens (including phenoxy) is 2. The van der Waals surface area contributed by atoms with Crippen LogP contribution in [-0.4, -0.2) is 24.1 Å². The maximum atomic E-state index is 13.9. The number of carbonyl (C=O) groups is 2. The van der Waals surface area contributed by atoms with Gasteiger partial charge in [0, 0.05) is 17.7 Å². The first-order valence-corrected chi connectivity index (χ1v) is 10.0. The predicted molar refractivity (Wildman–Crippen MR) is 110 cm³/mol. The Kier molecular flexibility index (Phi) is 5.24. The Morgan fingerprint density at radius 2 is 1.97 bits per heavy atom. The first kappa shape index (κ1) is 20.0. The summed E-state index contributed by atoms with van der Waals surface area (Å²) in [6, 6.07) is 8.56. The summed E-state index contributed by atoms with van der Waals surface area (Å²) in [6.45, 7) is 4.05. The van der Waals surface area contributed by atoms with Crippen LogP contribution < -0.4 is 25.4 Å². The first-order chi connectivity index (χ1) is 14.4. The number of fused-ring (bicyclic) bond motifs is 2. The summed E-state index contributed by atoms with van der Waals surface area (Å²) in [5.74, 6) is 0.506. The highest BCUT2D eigenvalue weighted by atomic mass is 19.1. The van der Waals surface area contributed by atoms with E-state index in [1.54, 1.807) is 24.3 Å². The van der Waals surface area contributed by atoms with Gasteiger partial charge in [0.05, 0.1) is 11.7 Å². The number of benzene rings is 2. The van der Waals surface area contributed by atoms with Gasteiger partial charge in [0.25, 0.3) is 5.91 Å². The second kappa shape index (κ2) is 7.85. The van der Waals surface area contributed by atoms with Crippen LogP contribution in [0.1, 0.15) is 44.7 Å². The average Bonchev–Trinajstić information content (AvgIpc) is 2.73. The molecule has 7 nitrogen and oxygen atoms in total. The molecule has 0 unspecified atom stereocenters. The highest BCUT2D eigenvalue weighted by Gasteiger charge is 2.39. The van der Waals surface area contributed by atoms with Gasteiger partial charge in [-0.25, -0.2) is 9.18 Å². The van der Waals surface area contributed by atoms with Crippen molar-refractivity contribution in [2.45, 2.75) is 44.8 Å². The highest BCUT2D eigenvalue weighted by Crippen LogP contribution is 2.43. The zero-order chi connectivity index (χ0) is 21.3. The number of carbonyl (C=O) groups excluding carboxylic acids is 2. The molecule has 4 rings (SSSR count). The average molecular weight is 413 g/mol. The van der Waals surface area contributed by atoms with Crippen molar-refractivity contribution >= 4 is 23.3 Å². The lowest BCUT2D eigenvalue weighted by molar-refractivity contribution is -0.118. The van der Waals surface area contributed by atoms with E-state index in [2.05, 4.69) is 16.0 Å². The third-order valence-electron chi connectivity index (χ3n) is 5.71. The van der Waals surface area contributed by atoms with E-state index < -0.39 is 17.7 Å². The molecule has 2 aliphatic heterocycles. The number of nitrogens with one attached hydrogen (secondary N) is 3. The van der Waals surface area contributed by atoms with Crippen molar-refractivity contribution in [2.75, 3.05) is 17.2 Å². The molecule has 30 heavy (non-hydrogen) atoms. The number of amides is 3.